The van der Waals surface area contributed by atoms with Gasteiger partial charge < -0.3 is 4.79 Å². The number of aldehydes is 1. The van der Waals surface area contributed by atoms with Gasteiger partial charge in [0.25, 0.3) is 0 Å². The maximum absolute atomic E-state index is 10.9. The van der Waals surface area contributed by atoms with Gasteiger partial charge in [0.15, 0.2) is 0 Å². The van der Waals surface area contributed by atoms with E-state index < -0.39 is 5.92 Å². The third-order valence-corrected chi connectivity index (χ3v) is 2.65. The van der Waals surface area contributed by atoms with Crippen molar-refractivity contribution in [2.24, 2.45) is 5.92 Å². The Balaban J connectivity index is 0.000000434. The van der Waals surface area contributed by atoms with Gasteiger partial charge in [0.2, 0.25) is 0 Å². The van der Waals surface area contributed by atoms with E-state index in [-0.39, 0.29) is 46.6 Å². The minimum Gasteiger partial charge on any atom is -0.303 e. The topological polar surface area (TPSA) is 34.1 Å². The van der Waals surface area contributed by atoms with Crippen molar-refractivity contribution in [3.05, 3.63) is 72.3 Å². The molecule has 0 aromatic heterocycles. The molecule has 0 saturated carbocycles. The zero-order chi connectivity index (χ0) is 13.9. The summed E-state index contributed by atoms with van der Waals surface area (Å²) in [5, 5.41) is 0. The fourth-order valence-electron chi connectivity index (χ4n) is 1.54. The maximum Gasteiger partial charge on any atom is 0.140 e. The average Bonchev–Trinajstić information content (AvgIpc) is 2.48. The van der Waals surface area contributed by atoms with Crippen LogP contribution in [-0.4, -0.2) is 12.1 Å². The first-order valence-corrected chi connectivity index (χ1v) is 6.23. The normalized spacial score (nSPS) is 10.2. The number of hydrogen-bond acceptors (Lipinski definition) is 2. The molecule has 0 saturated heterocycles. The summed E-state index contributed by atoms with van der Waals surface area (Å²) in [6, 6.07) is 21.5. The second-order valence-electron chi connectivity index (χ2n) is 4.20. The molecule has 0 aliphatic carbocycles. The van der Waals surface area contributed by atoms with E-state index in [0.29, 0.717) is 6.42 Å². The Hall–Kier alpha value is -0.869. The van der Waals surface area contributed by atoms with Crippen LogP contribution in [0.3, 0.4) is 0 Å². The van der Waals surface area contributed by atoms with Gasteiger partial charge in [-0.25, -0.2) is 0 Å². The molecule has 0 bridgehead atoms. The standard InChI is InChI=1S/C11H12O2.C6H6.Nd/c1-9(13)11(8-12)7-10-5-3-2-4-6-10;1-2-4-6-5-3-1;/h2-6,8,11H,7H2,1H3;1-6H;. The van der Waals surface area contributed by atoms with Gasteiger partial charge in [-0.1, -0.05) is 66.7 Å². The van der Waals surface area contributed by atoms with Crippen molar-refractivity contribution in [2.75, 3.05) is 0 Å². The summed E-state index contributed by atoms with van der Waals surface area (Å²) in [5.74, 6) is -0.554. The van der Waals surface area contributed by atoms with Crippen LogP contribution >= 0.6 is 0 Å². The van der Waals surface area contributed by atoms with E-state index in [1.54, 1.807) is 0 Å². The van der Waals surface area contributed by atoms with Crippen LogP contribution in [0.1, 0.15) is 12.5 Å². The first kappa shape index (κ1) is 19.1. The van der Waals surface area contributed by atoms with Gasteiger partial charge in [-0.3, -0.25) is 4.79 Å². The molecule has 0 radical (unpaired) electrons. The van der Waals surface area contributed by atoms with Crippen LogP contribution in [0.4, 0.5) is 0 Å². The van der Waals surface area contributed by atoms with Crippen LogP contribution < -0.4 is 0 Å². The molecule has 0 fully saturated rings. The number of rotatable bonds is 4. The van der Waals surface area contributed by atoms with Crippen LogP contribution in [0, 0.1) is 46.8 Å². The van der Waals surface area contributed by atoms with E-state index in [0.717, 1.165) is 11.8 Å². The molecule has 1 atom stereocenters. The Morgan fingerprint density at radius 1 is 0.950 bits per heavy atom. The maximum atomic E-state index is 10.9. The van der Waals surface area contributed by atoms with Gasteiger partial charge in [-0.2, -0.15) is 0 Å². The van der Waals surface area contributed by atoms with Crippen LogP contribution in [0.2, 0.25) is 0 Å². The van der Waals surface area contributed by atoms with Crippen molar-refractivity contribution in [2.45, 2.75) is 13.3 Å². The first-order chi connectivity index (χ1) is 9.24. The monoisotopic (exact) mass is 396 g/mol. The molecule has 0 spiro atoms. The summed E-state index contributed by atoms with van der Waals surface area (Å²) < 4.78 is 0. The number of carbonyl (C=O) groups is 2. The summed E-state index contributed by atoms with van der Waals surface area (Å²) in [6.45, 7) is 1.45. The molecule has 2 aromatic carbocycles. The van der Waals surface area contributed by atoms with E-state index in [1.165, 1.54) is 6.92 Å². The van der Waals surface area contributed by atoms with E-state index >= 15 is 0 Å². The van der Waals surface area contributed by atoms with Crippen LogP contribution in [-0.2, 0) is 16.0 Å². The van der Waals surface area contributed by atoms with Crippen molar-refractivity contribution in [3.63, 3.8) is 0 Å². The molecule has 20 heavy (non-hydrogen) atoms. The minimum absolute atomic E-state index is 0. The molecule has 0 aliphatic rings. The van der Waals surface area contributed by atoms with Gasteiger partial charge >= 0.3 is 0 Å². The van der Waals surface area contributed by atoms with E-state index in [4.69, 9.17) is 0 Å². The summed E-state index contributed by atoms with van der Waals surface area (Å²) in [7, 11) is 0. The molecule has 2 rings (SSSR count). The van der Waals surface area contributed by atoms with Crippen molar-refractivity contribution >= 4 is 12.1 Å². The van der Waals surface area contributed by atoms with Crippen molar-refractivity contribution in [3.8, 4) is 0 Å². The van der Waals surface area contributed by atoms with Gasteiger partial charge in [-0.05, 0) is 18.9 Å². The molecule has 0 aliphatic heterocycles. The predicted octanol–water partition coefficient (Wildman–Crippen LogP) is 3.32. The van der Waals surface area contributed by atoms with Gasteiger partial charge in [-0.15, -0.1) is 0 Å². The number of ketones is 1. The fraction of sp³-hybridized carbons (Fsp3) is 0.176. The molecule has 0 heterocycles. The first-order valence-electron chi connectivity index (χ1n) is 6.23. The SMILES string of the molecule is CC(=O)C(C=O)Cc1ccccc1.[Nd].c1ccccc1. The van der Waals surface area contributed by atoms with Crippen molar-refractivity contribution in [1.82, 2.24) is 0 Å². The molecule has 0 amide bonds. The van der Waals surface area contributed by atoms with Crippen molar-refractivity contribution in [1.29, 1.82) is 0 Å². The molecule has 2 aromatic rings. The third kappa shape index (κ3) is 8.33. The zero-order valence-corrected chi connectivity index (χ0v) is 14.7. The van der Waals surface area contributed by atoms with E-state index in [1.807, 2.05) is 66.7 Å². The molecular formula is C17H18NdO2. The Morgan fingerprint density at radius 2 is 1.35 bits per heavy atom. The average molecular weight is 399 g/mol. The second-order valence-corrected chi connectivity index (χ2v) is 4.20. The fourth-order valence-corrected chi connectivity index (χ4v) is 1.54. The Bertz CT molecular complexity index is 456. The molecular weight excluding hydrogens is 380 g/mol. The second kappa shape index (κ2) is 11.9. The van der Waals surface area contributed by atoms with E-state index in [9.17, 15) is 9.59 Å². The van der Waals surface area contributed by atoms with Gasteiger partial charge in [0.1, 0.15) is 12.1 Å². The molecule has 1 unspecified atom stereocenters. The number of hydrogen-bond donors (Lipinski definition) is 0. The number of Topliss-reactive ketones (excluding diaryl/α,β-unsaturated/α-hetero) is 1. The van der Waals surface area contributed by atoms with Crippen molar-refractivity contribution < 1.29 is 50.4 Å². The zero-order valence-electron chi connectivity index (χ0n) is 11.5. The predicted molar refractivity (Wildman–Crippen MR) is 76.8 cm³/mol. The quantitative estimate of drug-likeness (QED) is 0.585. The summed E-state index contributed by atoms with van der Waals surface area (Å²) >= 11 is 0. The summed E-state index contributed by atoms with van der Waals surface area (Å²) in [5.41, 5.74) is 1.02. The Morgan fingerprint density at radius 3 is 1.70 bits per heavy atom. The summed E-state index contributed by atoms with van der Waals surface area (Å²) in [6.07, 6.45) is 1.23. The largest absolute Gasteiger partial charge is 0.303 e. The molecule has 2 nitrogen and oxygen atoms in total. The van der Waals surface area contributed by atoms with Crippen LogP contribution in [0.15, 0.2) is 66.7 Å². The number of carbonyl (C=O) groups excluding carboxylic acids is 2. The molecule has 102 valence electrons. The van der Waals surface area contributed by atoms with E-state index in [2.05, 4.69) is 0 Å². The smallest absolute Gasteiger partial charge is 0.140 e. The minimum atomic E-state index is -0.484. The van der Waals surface area contributed by atoms with Gasteiger partial charge in [0.05, 0.1) is 5.92 Å². The molecule has 3 heteroatoms. The summed E-state index contributed by atoms with van der Waals surface area (Å²) in [4.78, 5) is 21.5. The van der Waals surface area contributed by atoms with Crippen LogP contribution in [0.5, 0.6) is 0 Å². The Labute approximate surface area is 153 Å². The number of benzene rings is 2. The Kier molecular flexibility index (Phi) is 11.4. The third-order valence-electron chi connectivity index (χ3n) is 2.65. The molecule has 0 N–H and O–H groups in total. The van der Waals surface area contributed by atoms with Gasteiger partial charge in [0, 0.05) is 40.8 Å². The van der Waals surface area contributed by atoms with Crippen LogP contribution in [0.25, 0.3) is 0 Å².